The van der Waals surface area contributed by atoms with Crippen molar-refractivity contribution in [2.75, 3.05) is 26.4 Å². The van der Waals surface area contributed by atoms with Crippen molar-refractivity contribution in [1.29, 1.82) is 0 Å². The lowest BCUT2D eigenvalue weighted by atomic mass is 9.92. The van der Waals surface area contributed by atoms with Crippen molar-refractivity contribution in [1.82, 2.24) is 5.32 Å². The molecular weight excluding hydrogens is 320 g/mol. The number of benzene rings is 1. The van der Waals surface area contributed by atoms with E-state index in [9.17, 15) is 4.79 Å². The van der Waals surface area contributed by atoms with Crippen molar-refractivity contribution >= 4 is 18.3 Å². The fourth-order valence-corrected chi connectivity index (χ4v) is 2.78. The van der Waals surface area contributed by atoms with Crippen molar-refractivity contribution in [3.8, 4) is 11.5 Å². The van der Waals surface area contributed by atoms with E-state index in [0.717, 1.165) is 18.6 Å². The molecule has 6 nitrogen and oxygen atoms in total. The molecule has 7 heteroatoms. The Labute approximate surface area is 142 Å². The van der Waals surface area contributed by atoms with E-state index >= 15 is 0 Å². The van der Waals surface area contributed by atoms with Crippen LogP contribution in [-0.4, -0.2) is 44.4 Å². The fraction of sp³-hybridized carbons (Fsp3) is 0.562. The van der Waals surface area contributed by atoms with Gasteiger partial charge in [0, 0.05) is 13.2 Å². The zero-order valence-corrected chi connectivity index (χ0v) is 13.7. The Morgan fingerprint density at radius 3 is 2.70 bits per heavy atom. The highest BCUT2D eigenvalue weighted by atomic mass is 35.5. The van der Waals surface area contributed by atoms with Crippen LogP contribution in [0.1, 0.15) is 12.8 Å². The maximum Gasteiger partial charge on any atom is 0.237 e. The number of carbonyl (C=O) groups excluding carboxylic acids is 1. The predicted molar refractivity (Wildman–Crippen MR) is 88.1 cm³/mol. The van der Waals surface area contributed by atoms with Gasteiger partial charge in [-0.2, -0.15) is 0 Å². The van der Waals surface area contributed by atoms with Crippen LogP contribution < -0.4 is 20.5 Å². The molecule has 3 N–H and O–H groups in total. The lowest BCUT2D eigenvalue weighted by Crippen LogP contribution is -2.50. The second-order valence-electron chi connectivity index (χ2n) is 5.72. The molecule has 0 aliphatic carbocycles. The molecule has 2 atom stereocenters. The van der Waals surface area contributed by atoms with Crippen LogP contribution in [0.5, 0.6) is 11.5 Å². The van der Waals surface area contributed by atoms with E-state index in [1.807, 2.05) is 24.3 Å². The van der Waals surface area contributed by atoms with Gasteiger partial charge in [-0.15, -0.1) is 12.4 Å². The highest BCUT2D eigenvalue weighted by Crippen LogP contribution is 2.30. The van der Waals surface area contributed by atoms with Crippen LogP contribution in [0.3, 0.4) is 0 Å². The van der Waals surface area contributed by atoms with Crippen molar-refractivity contribution in [3.63, 3.8) is 0 Å². The minimum atomic E-state index is -0.485. The Balaban J connectivity index is 0.00000192. The molecule has 2 aliphatic heterocycles. The summed E-state index contributed by atoms with van der Waals surface area (Å²) in [7, 11) is 0. The number of nitrogens with two attached hydrogens (primary N) is 1. The molecule has 23 heavy (non-hydrogen) atoms. The lowest BCUT2D eigenvalue weighted by molar-refractivity contribution is -0.124. The van der Waals surface area contributed by atoms with E-state index in [1.165, 1.54) is 0 Å². The largest absolute Gasteiger partial charge is 0.486 e. The van der Waals surface area contributed by atoms with Crippen LogP contribution in [-0.2, 0) is 9.53 Å². The first kappa shape index (κ1) is 17.8. The molecule has 1 fully saturated rings. The molecule has 1 saturated heterocycles. The molecule has 0 saturated carbocycles. The summed E-state index contributed by atoms with van der Waals surface area (Å²) in [6.07, 6.45) is 1.48. The Morgan fingerprint density at radius 2 is 1.96 bits per heavy atom. The van der Waals surface area contributed by atoms with Gasteiger partial charge < -0.3 is 25.3 Å². The first-order valence-electron chi connectivity index (χ1n) is 7.73. The summed E-state index contributed by atoms with van der Waals surface area (Å²) < 4.78 is 16.7. The highest BCUT2D eigenvalue weighted by molar-refractivity contribution is 5.85. The molecule has 0 radical (unpaired) electrons. The SMILES string of the molecule is Cl.NC(C(=O)NCC1COc2ccccc2O1)C1CCOCC1. The van der Waals surface area contributed by atoms with Crippen LogP contribution in [0.15, 0.2) is 24.3 Å². The highest BCUT2D eigenvalue weighted by Gasteiger charge is 2.28. The number of hydrogen-bond acceptors (Lipinski definition) is 5. The van der Waals surface area contributed by atoms with E-state index in [0.29, 0.717) is 32.1 Å². The van der Waals surface area contributed by atoms with E-state index < -0.39 is 6.04 Å². The summed E-state index contributed by atoms with van der Waals surface area (Å²) in [6, 6.07) is 7.03. The van der Waals surface area contributed by atoms with Gasteiger partial charge in [-0.25, -0.2) is 0 Å². The molecule has 1 aromatic carbocycles. The zero-order chi connectivity index (χ0) is 15.4. The number of rotatable bonds is 4. The normalized spacial score (nSPS) is 21.9. The zero-order valence-electron chi connectivity index (χ0n) is 12.9. The summed E-state index contributed by atoms with van der Waals surface area (Å²) in [5.41, 5.74) is 6.04. The number of hydrogen-bond donors (Lipinski definition) is 2. The number of amides is 1. The summed E-state index contributed by atoms with van der Waals surface area (Å²) in [5.74, 6) is 1.51. The molecule has 2 heterocycles. The van der Waals surface area contributed by atoms with Gasteiger partial charge in [0.1, 0.15) is 12.7 Å². The maximum absolute atomic E-state index is 12.2. The first-order valence-corrected chi connectivity index (χ1v) is 7.73. The molecule has 0 aromatic heterocycles. The Kier molecular flexibility index (Phi) is 6.50. The number of carbonyl (C=O) groups is 1. The van der Waals surface area contributed by atoms with Gasteiger partial charge in [-0.1, -0.05) is 12.1 Å². The van der Waals surface area contributed by atoms with Crippen LogP contribution in [0.2, 0.25) is 0 Å². The number of halogens is 1. The van der Waals surface area contributed by atoms with Crippen molar-refractivity contribution in [3.05, 3.63) is 24.3 Å². The molecule has 128 valence electrons. The smallest absolute Gasteiger partial charge is 0.237 e. The number of ether oxygens (including phenoxy) is 3. The van der Waals surface area contributed by atoms with Crippen LogP contribution in [0.4, 0.5) is 0 Å². The topological polar surface area (TPSA) is 82.8 Å². The van der Waals surface area contributed by atoms with Crippen LogP contribution in [0, 0.1) is 5.92 Å². The average molecular weight is 343 g/mol. The number of fused-ring (bicyclic) bond motifs is 1. The second kappa shape index (κ2) is 8.38. The van der Waals surface area contributed by atoms with Gasteiger partial charge >= 0.3 is 0 Å². The molecule has 0 spiro atoms. The van der Waals surface area contributed by atoms with Gasteiger partial charge in [0.25, 0.3) is 0 Å². The third-order valence-corrected chi connectivity index (χ3v) is 4.15. The van der Waals surface area contributed by atoms with Crippen molar-refractivity contribution in [2.24, 2.45) is 11.7 Å². The molecular formula is C16H23ClN2O4. The third kappa shape index (κ3) is 4.50. The van der Waals surface area contributed by atoms with Gasteiger partial charge in [0.2, 0.25) is 5.91 Å². The average Bonchev–Trinajstić information content (AvgIpc) is 2.59. The summed E-state index contributed by atoms with van der Waals surface area (Å²) in [4.78, 5) is 12.2. The third-order valence-electron chi connectivity index (χ3n) is 4.15. The van der Waals surface area contributed by atoms with Gasteiger partial charge in [-0.3, -0.25) is 4.79 Å². The van der Waals surface area contributed by atoms with E-state index in [2.05, 4.69) is 5.32 Å². The first-order chi connectivity index (χ1) is 10.7. The van der Waals surface area contributed by atoms with Crippen LogP contribution in [0.25, 0.3) is 0 Å². The Morgan fingerprint density at radius 1 is 1.26 bits per heavy atom. The minimum Gasteiger partial charge on any atom is -0.486 e. The van der Waals surface area contributed by atoms with E-state index in [1.54, 1.807) is 0 Å². The summed E-state index contributed by atoms with van der Waals surface area (Å²) in [6.45, 7) is 2.18. The Bertz CT molecular complexity index is 523. The molecule has 1 amide bonds. The second-order valence-corrected chi connectivity index (χ2v) is 5.72. The van der Waals surface area contributed by atoms with Crippen LogP contribution >= 0.6 is 12.4 Å². The van der Waals surface area contributed by atoms with E-state index in [4.69, 9.17) is 19.9 Å². The predicted octanol–water partition coefficient (Wildman–Crippen LogP) is 1.12. The van der Waals surface area contributed by atoms with Gasteiger partial charge in [0.15, 0.2) is 11.5 Å². The molecule has 3 rings (SSSR count). The number of para-hydroxylation sites is 2. The van der Waals surface area contributed by atoms with E-state index in [-0.39, 0.29) is 30.3 Å². The minimum absolute atomic E-state index is 0. The van der Waals surface area contributed by atoms with Crippen molar-refractivity contribution < 1.29 is 19.0 Å². The number of nitrogens with one attached hydrogen (secondary N) is 1. The standard InChI is InChI=1S/C16H22N2O4.ClH/c17-15(11-5-7-20-8-6-11)16(19)18-9-12-10-21-13-3-1-2-4-14(13)22-12;/h1-4,11-12,15H,5-10,17H2,(H,18,19);1H. The van der Waals surface area contributed by atoms with Gasteiger partial charge in [-0.05, 0) is 30.9 Å². The molecule has 2 unspecified atom stereocenters. The van der Waals surface area contributed by atoms with Gasteiger partial charge in [0.05, 0.1) is 12.6 Å². The fourth-order valence-electron chi connectivity index (χ4n) is 2.78. The molecule has 2 aliphatic rings. The molecule has 0 bridgehead atoms. The lowest BCUT2D eigenvalue weighted by Gasteiger charge is -2.29. The quantitative estimate of drug-likeness (QED) is 0.856. The Hall–Kier alpha value is -1.50. The summed E-state index contributed by atoms with van der Waals surface area (Å²) >= 11 is 0. The summed E-state index contributed by atoms with van der Waals surface area (Å²) in [5, 5.41) is 2.87. The maximum atomic E-state index is 12.2. The molecule has 1 aromatic rings. The monoisotopic (exact) mass is 342 g/mol. The van der Waals surface area contributed by atoms with Crippen molar-refractivity contribution in [2.45, 2.75) is 25.0 Å².